The molecular weight excluding hydrogens is 306 g/mol. The van der Waals surface area contributed by atoms with Gasteiger partial charge in [-0.2, -0.15) is 0 Å². The Morgan fingerprint density at radius 3 is 2.47 bits per heavy atom. The topological polar surface area (TPSA) is 63.2 Å². The number of hydrogen-bond acceptors (Lipinski definition) is 3. The van der Waals surface area contributed by atoms with Crippen molar-refractivity contribution in [2.24, 2.45) is 0 Å². The van der Waals surface area contributed by atoms with Gasteiger partial charge in [0, 0.05) is 4.47 Å². The summed E-state index contributed by atoms with van der Waals surface area (Å²) in [5.41, 5.74) is 1.16. The van der Waals surface area contributed by atoms with Crippen LogP contribution in [0.4, 0.5) is 5.69 Å². The Labute approximate surface area is 108 Å². The predicted octanol–water partition coefficient (Wildman–Crippen LogP) is 2.26. The van der Waals surface area contributed by atoms with Gasteiger partial charge in [-0.1, -0.05) is 0 Å². The van der Waals surface area contributed by atoms with Gasteiger partial charge >= 0.3 is 0 Å². The van der Waals surface area contributed by atoms with Gasteiger partial charge in [-0.3, -0.25) is 4.79 Å². The molecule has 0 atom stereocenters. The second-order valence-electron chi connectivity index (χ2n) is 4.59. The zero-order valence-corrected chi connectivity index (χ0v) is 12.1. The number of halogens is 1. The molecule has 6 heteroatoms. The van der Waals surface area contributed by atoms with E-state index in [9.17, 15) is 13.2 Å². The minimum atomic E-state index is -3.66. The highest BCUT2D eigenvalue weighted by Crippen LogP contribution is 2.40. The zero-order chi connectivity index (χ0) is 13.0. The third-order valence-corrected chi connectivity index (χ3v) is 6.00. The number of anilines is 1. The molecule has 17 heavy (non-hydrogen) atoms. The van der Waals surface area contributed by atoms with Crippen molar-refractivity contribution >= 4 is 37.4 Å². The first-order chi connectivity index (χ1) is 7.68. The van der Waals surface area contributed by atoms with Crippen molar-refractivity contribution in [1.29, 1.82) is 0 Å². The molecule has 0 aliphatic carbocycles. The molecular formula is C11H12BrNO3S. The molecule has 0 saturated carbocycles. The van der Waals surface area contributed by atoms with Crippen LogP contribution in [0.3, 0.4) is 0 Å². The quantitative estimate of drug-likeness (QED) is 0.798. The normalized spacial score (nSPS) is 20.6. The zero-order valence-electron chi connectivity index (χ0n) is 9.67. The van der Waals surface area contributed by atoms with Gasteiger partial charge in [0.1, 0.15) is 4.75 Å². The molecule has 2 rings (SSSR count). The predicted molar refractivity (Wildman–Crippen MR) is 68.8 cm³/mol. The first kappa shape index (κ1) is 12.6. The van der Waals surface area contributed by atoms with Gasteiger partial charge in [-0.05, 0) is 54.4 Å². The maximum atomic E-state index is 12.4. The van der Waals surface area contributed by atoms with Crippen LogP contribution in [0.1, 0.15) is 19.4 Å². The van der Waals surface area contributed by atoms with Gasteiger partial charge in [-0.15, -0.1) is 0 Å². The molecule has 0 saturated heterocycles. The molecule has 0 fully saturated rings. The van der Waals surface area contributed by atoms with Crippen molar-refractivity contribution in [2.75, 3.05) is 5.32 Å². The van der Waals surface area contributed by atoms with Crippen LogP contribution in [-0.4, -0.2) is 19.1 Å². The SMILES string of the molecule is Cc1cc(Br)c2c(c1)S(=O)(=O)C(C)(C)C(=O)N2. The number of carbonyl (C=O) groups is 1. The van der Waals surface area contributed by atoms with Crippen LogP contribution >= 0.6 is 15.9 Å². The second-order valence-corrected chi connectivity index (χ2v) is 7.91. The molecule has 1 aromatic rings. The number of rotatable bonds is 0. The van der Waals surface area contributed by atoms with Crippen LogP contribution in [0.2, 0.25) is 0 Å². The number of hydrogen-bond donors (Lipinski definition) is 1. The number of carbonyl (C=O) groups excluding carboxylic acids is 1. The van der Waals surface area contributed by atoms with Gasteiger partial charge in [0.05, 0.1) is 10.6 Å². The van der Waals surface area contributed by atoms with Gasteiger partial charge in [-0.25, -0.2) is 8.42 Å². The van der Waals surface area contributed by atoms with E-state index in [0.29, 0.717) is 10.2 Å². The Hall–Kier alpha value is -0.880. The molecule has 92 valence electrons. The summed E-state index contributed by atoms with van der Waals surface area (Å²) >= 11 is 3.27. The molecule has 1 N–H and O–H groups in total. The monoisotopic (exact) mass is 317 g/mol. The summed E-state index contributed by atoms with van der Waals surface area (Å²) < 4.78 is 23.9. The van der Waals surface area contributed by atoms with E-state index in [0.717, 1.165) is 5.56 Å². The van der Waals surface area contributed by atoms with Gasteiger partial charge in [0.15, 0.2) is 9.84 Å². The average Bonchev–Trinajstić information content (AvgIpc) is 2.19. The van der Waals surface area contributed by atoms with Crippen LogP contribution in [0.5, 0.6) is 0 Å². The second kappa shape index (κ2) is 3.55. The molecule has 1 amide bonds. The Morgan fingerprint density at radius 1 is 1.29 bits per heavy atom. The van der Waals surface area contributed by atoms with E-state index in [1.54, 1.807) is 12.1 Å². The molecule has 0 bridgehead atoms. The molecule has 1 heterocycles. The van der Waals surface area contributed by atoms with Crippen molar-refractivity contribution in [2.45, 2.75) is 30.4 Å². The number of aryl methyl sites for hydroxylation is 1. The molecule has 4 nitrogen and oxygen atoms in total. The van der Waals surface area contributed by atoms with Crippen LogP contribution in [-0.2, 0) is 14.6 Å². The molecule has 0 aromatic heterocycles. The minimum Gasteiger partial charge on any atom is -0.323 e. The van der Waals surface area contributed by atoms with E-state index in [-0.39, 0.29) is 4.90 Å². The number of fused-ring (bicyclic) bond motifs is 1. The summed E-state index contributed by atoms with van der Waals surface area (Å²) in [6, 6.07) is 3.35. The molecule has 1 aromatic carbocycles. The molecule has 0 unspecified atom stereocenters. The summed E-state index contributed by atoms with van der Waals surface area (Å²) in [7, 11) is -3.66. The molecule has 1 aliphatic heterocycles. The van der Waals surface area contributed by atoms with Crippen LogP contribution < -0.4 is 5.32 Å². The van der Waals surface area contributed by atoms with E-state index in [4.69, 9.17) is 0 Å². The van der Waals surface area contributed by atoms with E-state index in [1.807, 2.05) is 6.92 Å². The van der Waals surface area contributed by atoms with Crippen LogP contribution in [0.15, 0.2) is 21.5 Å². The first-order valence-corrected chi connectivity index (χ1v) is 7.32. The highest BCUT2D eigenvalue weighted by atomic mass is 79.9. The smallest absolute Gasteiger partial charge is 0.245 e. The number of amides is 1. The number of nitrogens with one attached hydrogen (secondary N) is 1. The van der Waals surface area contributed by atoms with Crippen molar-refractivity contribution in [3.63, 3.8) is 0 Å². The first-order valence-electron chi connectivity index (χ1n) is 5.04. The highest BCUT2D eigenvalue weighted by Gasteiger charge is 2.48. The lowest BCUT2D eigenvalue weighted by Crippen LogP contribution is -2.48. The third kappa shape index (κ3) is 1.62. The molecule has 0 spiro atoms. The Kier molecular flexibility index (Phi) is 2.63. The van der Waals surface area contributed by atoms with Crippen molar-refractivity contribution < 1.29 is 13.2 Å². The van der Waals surface area contributed by atoms with Crippen LogP contribution in [0, 0.1) is 6.92 Å². The standard InChI is InChI=1S/C11H12BrNO3S/c1-6-4-7(12)9-8(5-6)17(15,16)11(2,3)10(14)13-9/h4-5H,1-3H3,(H,13,14). The largest absolute Gasteiger partial charge is 0.323 e. The van der Waals surface area contributed by atoms with Crippen LogP contribution in [0.25, 0.3) is 0 Å². The summed E-state index contributed by atoms with van der Waals surface area (Å²) in [6.45, 7) is 4.64. The highest BCUT2D eigenvalue weighted by molar-refractivity contribution is 9.10. The van der Waals surface area contributed by atoms with Gasteiger partial charge < -0.3 is 5.32 Å². The summed E-state index contributed by atoms with van der Waals surface area (Å²) in [4.78, 5) is 12.0. The van der Waals surface area contributed by atoms with Crippen molar-refractivity contribution in [1.82, 2.24) is 0 Å². The lowest BCUT2D eigenvalue weighted by atomic mass is 10.1. The van der Waals surface area contributed by atoms with E-state index in [2.05, 4.69) is 21.2 Å². The van der Waals surface area contributed by atoms with Gasteiger partial charge in [0.25, 0.3) is 0 Å². The van der Waals surface area contributed by atoms with E-state index >= 15 is 0 Å². The summed E-state index contributed by atoms with van der Waals surface area (Å²) in [6.07, 6.45) is 0. The van der Waals surface area contributed by atoms with Crippen molar-refractivity contribution in [3.05, 3.63) is 22.2 Å². The van der Waals surface area contributed by atoms with Gasteiger partial charge in [0.2, 0.25) is 5.91 Å². The van der Waals surface area contributed by atoms with Crippen molar-refractivity contribution in [3.8, 4) is 0 Å². The number of sulfone groups is 1. The third-order valence-electron chi connectivity index (χ3n) is 2.95. The fraction of sp³-hybridized carbons (Fsp3) is 0.364. The Bertz CT molecular complexity index is 620. The maximum Gasteiger partial charge on any atom is 0.245 e. The summed E-state index contributed by atoms with van der Waals surface area (Å²) in [5.74, 6) is -0.505. The Morgan fingerprint density at radius 2 is 1.88 bits per heavy atom. The summed E-state index contributed by atoms with van der Waals surface area (Å²) in [5, 5.41) is 2.64. The minimum absolute atomic E-state index is 0.175. The average molecular weight is 318 g/mol. The molecule has 0 radical (unpaired) electrons. The maximum absolute atomic E-state index is 12.4. The fourth-order valence-electron chi connectivity index (χ4n) is 1.70. The Balaban J connectivity index is 2.86. The lowest BCUT2D eigenvalue weighted by Gasteiger charge is -2.31. The van der Waals surface area contributed by atoms with E-state index < -0.39 is 20.5 Å². The lowest BCUT2D eigenvalue weighted by molar-refractivity contribution is -0.118. The number of benzene rings is 1. The fourth-order valence-corrected chi connectivity index (χ4v) is 4.13. The molecule has 1 aliphatic rings. The van der Waals surface area contributed by atoms with E-state index in [1.165, 1.54) is 13.8 Å².